The Hall–Kier alpha value is -1.61. The molecular formula is C34H49NO2. The fraction of sp³-hybridized carbons (Fsp3) is 0.735. The second-order valence-electron chi connectivity index (χ2n) is 15.2. The topological polar surface area (TPSA) is 40.5 Å². The molecule has 0 spiro atoms. The van der Waals surface area contributed by atoms with Crippen LogP contribution >= 0.6 is 0 Å². The van der Waals surface area contributed by atoms with Crippen LogP contribution in [0.4, 0.5) is 0 Å². The van der Waals surface area contributed by atoms with Gasteiger partial charge < -0.3 is 10.0 Å². The Morgan fingerprint density at radius 3 is 2.35 bits per heavy atom. The Morgan fingerprint density at radius 1 is 0.919 bits per heavy atom. The molecule has 6 atom stereocenters. The number of hydrogen-bond donors (Lipinski definition) is 1. The van der Waals surface area contributed by atoms with E-state index >= 15 is 0 Å². The van der Waals surface area contributed by atoms with Gasteiger partial charge >= 0.3 is 0 Å². The number of ketones is 1. The van der Waals surface area contributed by atoms with Crippen molar-refractivity contribution >= 4 is 5.78 Å². The van der Waals surface area contributed by atoms with Crippen molar-refractivity contribution in [2.45, 2.75) is 106 Å². The van der Waals surface area contributed by atoms with Crippen LogP contribution < -0.4 is 0 Å². The van der Waals surface area contributed by atoms with Crippen LogP contribution in [0.3, 0.4) is 0 Å². The van der Waals surface area contributed by atoms with Crippen molar-refractivity contribution in [3.05, 3.63) is 46.3 Å². The first-order valence-corrected chi connectivity index (χ1v) is 15.2. The second-order valence-corrected chi connectivity index (χ2v) is 15.2. The number of aliphatic hydroxyl groups excluding tert-OH is 1. The number of nitrogens with zero attached hydrogens (tertiary/aromatic N) is 1. The molecule has 37 heavy (non-hydrogen) atoms. The monoisotopic (exact) mass is 503 g/mol. The van der Waals surface area contributed by atoms with Crippen LogP contribution in [0.1, 0.15) is 106 Å². The first kappa shape index (κ1) is 25.7. The Balaban J connectivity index is 1.38. The molecule has 0 aromatic rings. The van der Waals surface area contributed by atoms with Crippen molar-refractivity contribution in [3.63, 3.8) is 0 Å². The molecule has 4 fully saturated rings. The molecule has 1 N–H and O–H groups in total. The predicted octanol–water partition coefficient (Wildman–Crippen LogP) is 8.10. The zero-order chi connectivity index (χ0) is 26.4. The van der Waals surface area contributed by atoms with Crippen molar-refractivity contribution in [2.75, 3.05) is 19.6 Å². The number of likely N-dealkylation sites (tertiary alicyclic amines) is 1. The summed E-state index contributed by atoms with van der Waals surface area (Å²) < 4.78 is 0. The summed E-state index contributed by atoms with van der Waals surface area (Å²) in [6.45, 7) is 18.6. The summed E-state index contributed by atoms with van der Waals surface area (Å²) in [7, 11) is 0. The zero-order valence-electron chi connectivity index (χ0n) is 24.3. The minimum atomic E-state index is -0.220. The second kappa shape index (κ2) is 8.20. The molecule has 0 bridgehead atoms. The molecule has 0 amide bonds. The molecule has 1 saturated heterocycles. The highest BCUT2D eigenvalue weighted by Crippen LogP contribution is 2.75. The van der Waals surface area contributed by atoms with Crippen LogP contribution in [0.25, 0.3) is 0 Å². The maximum atomic E-state index is 12.7. The molecule has 1 aliphatic heterocycles. The standard InChI is InChI=1S/C34H49NO2/c1-23-24-10-11-27-32(4,25(24)20-26(36)29(23)37)15-17-34(6)28-21-30(2,22-35-18-8-7-9-19-35)12-13-31(28,3)14-16-33(27,34)5/h10-11,20,28,37H,7-9,12-19,21-22H2,1-6H3/t28-,30-,31-,32+,33-,34+/m1/s1. The van der Waals surface area contributed by atoms with E-state index in [9.17, 15) is 9.90 Å². The van der Waals surface area contributed by atoms with Crippen LogP contribution in [-0.2, 0) is 4.79 Å². The van der Waals surface area contributed by atoms with Crippen molar-refractivity contribution in [1.82, 2.24) is 4.90 Å². The maximum absolute atomic E-state index is 12.7. The number of rotatable bonds is 2. The minimum Gasteiger partial charge on any atom is -0.504 e. The Labute approximate surface area is 225 Å². The molecule has 202 valence electrons. The maximum Gasteiger partial charge on any atom is 0.220 e. The lowest BCUT2D eigenvalue weighted by Crippen LogP contribution is -2.62. The van der Waals surface area contributed by atoms with Gasteiger partial charge in [-0.3, -0.25) is 4.79 Å². The van der Waals surface area contributed by atoms with Crippen LogP contribution in [0.2, 0.25) is 0 Å². The fourth-order valence-corrected chi connectivity index (χ4v) is 10.3. The quantitative estimate of drug-likeness (QED) is 0.414. The van der Waals surface area contributed by atoms with Gasteiger partial charge in [0.05, 0.1) is 0 Å². The number of fused-ring (bicyclic) bond motifs is 7. The van der Waals surface area contributed by atoms with Crippen molar-refractivity contribution < 1.29 is 9.90 Å². The predicted molar refractivity (Wildman–Crippen MR) is 151 cm³/mol. The highest BCUT2D eigenvalue weighted by Gasteiger charge is 2.66. The van der Waals surface area contributed by atoms with Crippen molar-refractivity contribution in [1.29, 1.82) is 0 Å². The first-order valence-electron chi connectivity index (χ1n) is 15.2. The molecule has 3 heteroatoms. The van der Waals surface area contributed by atoms with Crippen LogP contribution in [0, 0.1) is 33.0 Å². The van der Waals surface area contributed by atoms with E-state index in [0.717, 1.165) is 29.1 Å². The van der Waals surface area contributed by atoms with Gasteiger partial charge in [0.1, 0.15) is 0 Å². The molecule has 0 aromatic carbocycles. The van der Waals surface area contributed by atoms with Crippen LogP contribution in [0.5, 0.6) is 0 Å². The highest BCUT2D eigenvalue weighted by atomic mass is 16.3. The molecule has 0 radical (unpaired) electrons. The van der Waals surface area contributed by atoms with E-state index in [0.29, 0.717) is 10.8 Å². The molecular weight excluding hydrogens is 454 g/mol. The smallest absolute Gasteiger partial charge is 0.220 e. The van der Waals surface area contributed by atoms with E-state index in [2.05, 4.69) is 51.7 Å². The van der Waals surface area contributed by atoms with Gasteiger partial charge in [0.25, 0.3) is 0 Å². The molecule has 5 aliphatic carbocycles. The van der Waals surface area contributed by atoms with Gasteiger partial charge in [-0.1, -0.05) is 58.8 Å². The average Bonchev–Trinajstić information content (AvgIpc) is 2.86. The molecule has 1 heterocycles. The SMILES string of the molecule is CC1=C(O)C(=O)C=C2C1=CC=C1[C@@]2(C)CC[C@@]2(C)[C@@H]3C[C@](C)(CN4CCCCC4)CC[C@]3(C)CC[C@]12C. The lowest BCUT2D eigenvalue weighted by Gasteiger charge is -2.70. The Kier molecular flexibility index (Phi) is 5.68. The van der Waals surface area contributed by atoms with Gasteiger partial charge in [-0.05, 0) is 123 Å². The molecule has 6 aliphatic rings. The highest BCUT2D eigenvalue weighted by molar-refractivity contribution is 6.06. The van der Waals surface area contributed by atoms with Gasteiger partial charge in [-0.15, -0.1) is 0 Å². The summed E-state index contributed by atoms with van der Waals surface area (Å²) in [5, 5.41) is 10.4. The summed E-state index contributed by atoms with van der Waals surface area (Å²) in [5.74, 6) is 0.430. The van der Waals surface area contributed by atoms with Crippen molar-refractivity contribution in [3.8, 4) is 0 Å². The van der Waals surface area contributed by atoms with E-state index in [-0.39, 0.29) is 27.8 Å². The Morgan fingerprint density at radius 2 is 1.62 bits per heavy atom. The lowest BCUT2D eigenvalue weighted by atomic mass is 9.34. The third-order valence-corrected chi connectivity index (χ3v) is 13.0. The summed E-state index contributed by atoms with van der Waals surface area (Å²) in [6.07, 6.45) is 19.5. The number of carbonyl (C=O) groups excluding carboxylic acids is 1. The molecule has 0 aromatic heterocycles. The van der Waals surface area contributed by atoms with Gasteiger partial charge in [0.15, 0.2) is 5.76 Å². The van der Waals surface area contributed by atoms with Crippen molar-refractivity contribution in [2.24, 2.45) is 33.0 Å². The van der Waals surface area contributed by atoms with Crippen LogP contribution in [-0.4, -0.2) is 35.4 Å². The molecule has 3 nitrogen and oxygen atoms in total. The van der Waals surface area contributed by atoms with E-state index in [1.165, 1.54) is 77.4 Å². The van der Waals surface area contributed by atoms with E-state index in [1.807, 2.05) is 6.92 Å². The number of aliphatic hydroxyl groups is 1. The van der Waals surface area contributed by atoms with Gasteiger partial charge in [-0.25, -0.2) is 0 Å². The Bertz CT molecular complexity index is 1150. The largest absolute Gasteiger partial charge is 0.504 e. The normalized spacial score (nSPS) is 46.2. The fourth-order valence-electron chi connectivity index (χ4n) is 10.3. The number of carbonyl (C=O) groups is 1. The van der Waals surface area contributed by atoms with Gasteiger partial charge in [0, 0.05) is 17.5 Å². The summed E-state index contributed by atoms with van der Waals surface area (Å²) in [5.41, 5.74) is 5.62. The third-order valence-electron chi connectivity index (χ3n) is 13.0. The third kappa shape index (κ3) is 3.51. The average molecular weight is 504 g/mol. The summed E-state index contributed by atoms with van der Waals surface area (Å²) >= 11 is 0. The zero-order valence-corrected chi connectivity index (χ0v) is 24.3. The minimum absolute atomic E-state index is 0.0778. The van der Waals surface area contributed by atoms with Crippen LogP contribution in [0.15, 0.2) is 46.3 Å². The van der Waals surface area contributed by atoms with E-state index in [4.69, 9.17) is 0 Å². The van der Waals surface area contributed by atoms with Gasteiger partial charge in [-0.2, -0.15) is 0 Å². The summed E-state index contributed by atoms with van der Waals surface area (Å²) in [4.78, 5) is 15.5. The van der Waals surface area contributed by atoms with E-state index in [1.54, 1.807) is 11.6 Å². The molecule has 6 rings (SSSR count). The molecule has 0 unspecified atom stereocenters. The van der Waals surface area contributed by atoms with E-state index < -0.39 is 0 Å². The molecule has 3 saturated carbocycles. The summed E-state index contributed by atoms with van der Waals surface area (Å²) in [6, 6.07) is 0. The number of hydrogen-bond acceptors (Lipinski definition) is 3. The van der Waals surface area contributed by atoms with Gasteiger partial charge in [0.2, 0.25) is 5.78 Å². The lowest BCUT2D eigenvalue weighted by molar-refractivity contribution is -0.163. The number of allylic oxidation sites excluding steroid dienone is 7. The first-order chi connectivity index (χ1) is 17.4. The number of piperidine rings is 1.